The van der Waals surface area contributed by atoms with Crippen LogP contribution in [-0.4, -0.2) is 11.5 Å². The van der Waals surface area contributed by atoms with Crippen LogP contribution in [0.4, 0.5) is 15.9 Å². The summed E-state index contributed by atoms with van der Waals surface area (Å²) in [6.07, 6.45) is 1.74. The number of nitrogens with two attached hydrogens (primary N) is 1. The molecule has 0 saturated carbocycles. The van der Waals surface area contributed by atoms with Crippen LogP contribution in [0.2, 0.25) is 0 Å². The average Bonchev–Trinajstić information content (AvgIpc) is 2.42. The van der Waals surface area contributed by atoms with Crippen LogP contribution in [-0.2, 0) is 0 Å². The highest BCUT2D eigenvalue weighted by molar-refractivity contribution is 5.63. The minimum Gasteiger partial charge on any atom is -0.326 e. The van der Waals surface area contributed by atoms with E-state index in [4.69, 9.17) is 5.73 Å². The summed E-state index contributed by atoms with van der Waals surface area (Å²) in [5, 5.41) is 0. The maximum atomic E-state index is 13.0. The Morgan fingerprint density at radius 1 is 1.26 bits per heavy atom. The quantitative estimate of drug-likeness (QED) is 0.915. The molecule has 1 atom stereocenters. The van der Waals surface area contributed by atoms with Crippen LogP contribution in [0.1, 0.15) is 25.5 Å². The SMILES string of the molecule is CCN(c1ccc(F)cc1)c1ncccc1[C@@H](C)N. The Morgan fingerprint density at radius 2 is 1.95 bits per heavy atom. The Hall–Kier alpha value is -1.94. The molecule has 2 aromatic rings. The van der Waals surface area contributed by atoms with E-state index in [1.165, 1.54) is 12.1 Å². The summed E-state index contributed by atoms with van der Waals surface area (Å²) in [6.45, 7) is 4.70. The maximum Gasteiger partial charge on any atom is 0.137 e. The fourth-order valence-corrected chi connectivity index (χ4v) is 2.07. The first-order valence-corrected chi connectivity index (χ1v) is 6.37. The topological polar surface area (TPSA) is 42.2 Å². The van der Waals surface area contributed by atoms with E-state index < -0.39 is 0 Å². The molecule has 2 N–H and O–H groups in total. The summed E-state index contributed by atoms with van der Waals surface area (Å²) < 4.78 is 13.0. The van der Waals surface area contributed by atoms with Crippen molar-refractivity contribution >= 4 is 11.5 Å². The lowest BCUT2D eigenvalue weighted by Crippen LogP contribution is -2.21. The average molecular weight is 259 g/mol. The molecule has 0 amide bonds. The van der Waals surface area contributed by atoms with E-state index in [-0.39, 0.29) is 11.9 Å². The van der Waals surface area contributed by atoms with Gasteiger partial charge in [-0.3, -0.25) is 0 Å². The molecule has 0 bridgehead atoms. The largest absolute Gasteiger partial charge is 0.326 e. The predicted octanol–water partition coefficient (Wildman–Crippen LogP) is 3.40. The zero-order valence-electron chi connectivity index (χ0n) is 11.2. The van der Waals surface area contributed by atoms with Crippen molar-refractivity contribution in [3.8, 4) is 0 Å². The summed E-state index contributed by atoms with van der Waals surface area (Å²) in [5.41, 5.74) is 7.87. The Bertz CT molecular complexity index is 537. The summed E-state index contributed by atoms with van der Waals surface area (Å²) in [4.78, 5) is 6.45. The van der Waals surface area contributed by atoms with Gasteiger partial charge in [0.2, 0.25) is 0 Å². The van der Waals surface area contributed by atoms with Gasteiger partial charge < -0.3 is 10.6 Å². The Labute approximate surface area is 112 Å². The van der Waals surface area contributed by atoms with Gasteiger partial charge in [-0.25, -0.2) is 9.37 Å². The van der Waals surface area contributed by atoms with Crippen LogP contribution >= 0.6 is 0 Å². The molecule has 0 radical (unpaired) electrons. The Kier molecular flexibility index (Phi) is 4.12. The van der Waals surface area contributed by atoms with Gasteiger partial charge in [-0.15, -0.1) is 0 Å². The first-order valence-electron chi connectivity index (χ1n) is 6.37. The zero-order chi connectivity index (χ0) is 13.8. The number of nitrogens with zero attached hydrogens (tertiary/aromatic N) is 2. The lowest BCUT2D eigenvalue weighted by atomic mass is 10.1. The summed E-state index contributed by atoms with van der Waals surface area (Å²) in [5.74, 6) is 0.583. The molecule has 1 heterocycles. The standard InChI is InChI=1S/C15H18FN3/c1-3-19(13-8-6-12(16)7-9-13)15-14(11(2)17)5-4-10-18-15/h4-11H,3,17H2,1-2H3/t11-/m1/s1. The lowest BCUT2D eigenvalue weighted by Gasteiger charge is -2.25. The minimum absolute atomic E-state index is 0.0989. The number of rotatable bonds is 4. The molecule has 0 unspecified atom stereocenters. The molecule has 2 rings (SSSR count). The van der Waals surface area contributed by atoms with Crippen LogP contribution in [0.15, 0.2) is 42.6 Å². The van der Waals surface area contributed by atoms with E-state index in [1.54, 1.807) is 18.3 Å². The monoisotopic (exact) mass is 259 g/mol. The van der Waals surface area contributed by atoms with Crippen molar-refractivity contribution in [2.45, 2.75) is 19.9 Å². The van der Waals surface area contributed by atoms with E-state index in [0.717, 1.165) is 23.6 Å². The zero-order valence-corrected chi connectivity index (χ0v) is 11.2. The van der Waals surface area contributed by atoms with E-state index in [1.807, 2.05) is 30.9 Å². The van der Waals surface area contributed by atoms with Crippen LogP contribution in [0.3, 0.4) is 0 Å². The number of hydrogen-bond donors (Lipinski definition) is 1. The number of benzene rings is 1. The second kappa shape index (κ2) is 5.80. The predicted molar refractivity (Wildman–Crippen MR) is 75.9 cm³/mol. The second-order valence-electron chi connectivity index (χ2n) is 4.43. The van der Waals surface area contributed by atoms with Gasteiger partial charge in [-0.1, -0.05) is 6.07 Å². The lowest BCUT2D eigenvalue weighted by molar-refractivity contribution is 0.627. The molecular weight excluding hydrogens is 241 g/mol. The molecule has 0 saturated heterocycles. The summed E-state index contributed by atoms with van der Waals surface area (Å²) >= 11 is 0. The second-order valence-corrected chi connectivity index (χ2v) is 4.43. The van der Waals surface area contributed by atoms with Crippen molar-refractivity contribution < 1.29 is 4.39 Å². The van der Waals surface area contributed by atoms with E-state index >= 15 is 0 Å². The molecule has 3 nitrogen and oxygen atoms in total. The van der Waals surface area contributed by atoms with Crippen molar-refractivity contribution in [2.24, 2.45) is 5.73 Å². The highest BCUT2D eigenvalue weighted by Crippen LogP contribution is 2.29. The van der Waals surface area contributed by atoms with Crippen molar-refractivity contribution in [3.05, 3.63) is 54.0 Å². The number of pyridine rings is 1. The Balaban J connectivity index is 2.45. The maximum absolute atomic E-state index is 13.0. The molecule has 19 heavy (non-hydrogen) atoms. The summed E-state index contributed by atoms with van der Waals surface area (Å²) in [6, 6.07) is 10.1. The molecule has 4 heteroatoms. The van der Waals surface area contributed by atoms with Gasteiger partial charge in [0.15, 0.2) is 0 Å². The summed E-state index contributed by atoms with van der Waals surface area (Å²) in [7, 11) is 0. The van der Waals surface area contributed by atoms with Gasteiger partial charge in [0.05, 0.1) is 0 Å². The molecule has 0 aliphatic carbocycles. The van der Waals surface area contributed by atoms with E-state index in [9.17, 15) is 4.39 Å². The molecular formula is C15H18FN3. The van der Waals surface area contributed by atoms with E-state index in [0.29, 0.717) is 0 Å². The fraction of sp³-hybridized carbons (Fsp3) is 0.267. The smallest absolute Gasteiger partial charge is 0.137 e. The van der Waals surface area contributed by atoms with Crippen LogP contribution in [0, 0.1) is 5.82 Å². The number of hydrogen-bond acceptors (Lipinski definition) is 3. The number of aromatic nitrogens is 1. The molecule has 1 aromatic heterocycles. The highest BCUT2D eigenvalue weighted by atomic mass is 19.1. The molecule has 100 valence electrons. The Morgan fingerprint density at radius 3 is 2.53 bits per heavy atom. The van der Waals surface area contributed by atoms with Crippen molar-refractivity contribution in [1.29, 1.82) is 0 Å². The number of anilines is 2. The van der Waals surface area contributed by atoms with E-state index in [2.05, 4.69) is 4.98 Å². The van der Waals surface area contributed by atoms with Crippen molar-refractivity contribution in [2.75, 3.05) is 11.4 Å². The van der Waals surface area contributed by atoms with Gasteiger partial charge in [0.1, 0.15) is 11.6 Å². The van der Waals surface area contributed by atoms with Crippen LogP contribution < -0.4 is 10.6 Å². The van der Waals surface area contributed by atoms with Gasteiger partial charge in [0.25, 0.3) is 0 Å². The van der Waals surface area contributed by atoms with Crippen molar-refractivity contribution in [3.63, 3.8) is 0 Å². The third kappa shape index (κ3) is 2.90. The molecule has 0 fully saturated rings. The molecule has 1 aromatic carbocycles. The molecule has 0 spiro atoms. The highest BCUT2D eigenvalue weighted by Gasteiger charge is 2.15. The molecule has 0 aliphatic rings. The van der Waals surface area contributed by atoms with Crippen LogP contribution in [0.25, 0.3) is 0 Å². The number of halogens is 1. The first kappa shape index (κ1) is 13.5. The van der Waals surface area contributed by atoms with Gasteiger partial charge in [0, 0.05) is 30.0 Å². The van der Waals surface area contributed by atoms with Gasteiger partial charge in [-0.2, -0.15) is 0 Å². The van der Waals surface area contributed by atoms with Crippen LogP contribution in [0.5, 0.6) is 0 Å². The van der Waals surface area contributed by atoms with Gasteiger partial charge >= 0.3 is 0 Å². The third-order valence-corrected chi connectivity index (χ3v) is 3.02. The normalized spacial score (nSPS) is 12.2. The van der Waals surface area contributed by atoms with Gasteiger partial charge in [-0.05, 0) is 44.2 Å². The minimum atomic E-state index is -0.242. The van der Waals surface area contributed by atoms with Crippen molar-refractivity contribution in [1.82, 2.24) is 4.98 Å². The fourth-order valence-electron chi connectivity index (χ4n) is 2.07. The third-order valence-electron chi connectivity index (χ3n) is 3.02. The first-order chi connectivity index (χ1) is 9.13. The molecule has 0 aliphatic heterocycles.